The summed E-state index contributed by atoms with van der Waals surface area (Å²) in [5, 5.41) is 9.71. The molecule has 0 spiro atoms. The zero-order valence-corrected chi connectivity index (χ0v) is 60.5. The highest BCUT2D eigenvalue weighted by Crippen LogP contribution is 2.13. The summed E-state index contributed by atoms with van der Waals surface area (Å²) in [4.78, 5) is 24.7. The molecule has 0 saturated heterocycles. The van der Waals surface area contributed by atoms with Gasteiger partial charge >= 0.3 is 11.9 Å². The molecule has 0 saturated carbocycles. The number of ether oxygens (including phenoxy) is 2. The third kappa shape index (κ3) is 79.4. The summed E-state index contributed by atoms with van der Waals surface area (Å²) in [6, 6.07) is 0. The first-order chi connectivity index (χ1) is 47.6. The maximum Gasteiger partial charge on any atom is 0.306 e. The third-order valence-electron chi connectivity index (χ3n) is 14.7. The van der Waals surface area contributed by atoms with Gasteiger partial charge < -0.3 is 14.6 Å². The lowest BCUT2D eigenvalue weighted by Gasteiger charge is -2.15. The number of rotatable bonds is 65. The zero-order valence-electron chi connectivity index (χ0n) is 60.5. The first-order valence-corrected chi connectivity index (χ1v) is 37.5. The second-order valence-electron chi connectivity index (χ2n) is 23.6. The summed E-state index contributed by atoms with van der Waals surface area (Å²) < 4.78 is 10.7. The van der Waals surface area contributed by atoms with Gasteiger partial charge in [-0.25, -0.2) is 0 Å². The summed E-state index contributed by atoms with van der Waals surface area (Å²) >= 11 is 0. The Bertz CT molecular complexity index is 2480. The minimum atomic E-state index is -0.815. The van der Waals surface area contributed by atoms with Crippen LogP contribution in [0.2, 0.25) is 0 Å². The lowest BCUT2D eigenvalue weighted by molar-refractivity contribution is -0.161. The zero-order chi connectivity index (χ0) is 69.0. The van der Waals surface area contributed by atoms with Gasteiger partial charge in [-0.15, -0.1) is 0 Å². The Morgan fingerprint density at radius 2 is 0.417 bits per heavy atom. The molecule has 0 bridgehead atoms. The number of hydrogen-bond acceptors (Lipinski definition) is 5. The van der Waals surface area contributed by atoms with Crippen LogP contribution in [0.1, 0.15) is 258 Å². The molecule has 1 atom stereocenters. The predicted molar refractivity (Wildman–Crippen MR) is 425 cm³/mol. The van der Waals surface area contributed by atoms with Crippen molar-refractivity contribution in [1.29, 1.82) is 0 Å². The van der Waals surface area contributed by atoms with Crippen molar-refractivity contribution in [3.05, 3.63) is 279 Å². The summed E-state index contributed by atoms with van der Waals surface area (Å²) in [5.41, 5.74) is 0. The minimum absolute atomic E-state index is 0.101. The predicted octanol–water partition coefficient (Wildman–Crippen LogP) is 27.1. The minimum Gasteiger partial charge on any atom is -0.462 e. The highest BCUT2D eigenvalue weighted by Gasteiger charge is 2.16. The molecule has 528 valence electrons. The summed E-state index contributed by atoms with van der Waals surface area (Å²) in [6.07, 6.45) is 139. The number of esters is 2. The van der Waals surface area contributed by atoms with Gasteiger partial charge in [0.1, 0.15) is 6.61 Å². The number of aliphatic hydroxyl groups excluding tert-OH is 1. The van der Waals surface area contributed by atoms with Gasteiger partial charge in [0, 0.05) is 12.8 Å². The lowest BCUT2D eigenvalue weighted by Crippen LogP contribution is -2.28. The van der Waals surface area contributed by atoms with Crippen LogP contribution in [0.5, 0.6) is 0 Å². The molecule has 0 radical (unpaired) electrons. The molecular formula is C91H134O5. The van der Waals surface area contributed by atoms with E-state index < -0.39 is 6.10 Å². The average Bonchev–Trinajstić information content (AvgIpc) is 3.79. The Morgan fingerprint density at radius 1 is 0.240 bits per heavy atom. The molecule has 96 heavy (non-hydrogen) atoms. The molecule has 1 unspecified atom stereocenters. The van der Waals surface area contributed by atoms with E-state index in [1.165, 1.54) is 25.7 Å². The van der Waals surface area contributed by atoms with Gasteiger partial charge in [0.15, 0.2) is 6.10 Å². The fraction of sp³-hybridized carbons (Fsp3) is 0.473. The number of carbonyl (C=O) groups excluding carboxylic acids is 2. The fourth-order valence-electron chi connectivity index (χ4n) is 9.19. The molecule has 5 heteroatoms. The van der Waals surface area contributed by atoms with Crippen molar-refractivity contribution in [3.8, 4) is 0 Å². The molecule has 0 aromatic carbocycles. The Morgan fingerprint density at radius 3 is 0.625 bits per heavy atom. The standard InChI is InChI=1S/C91H134O5/c1-3-5-7-9-11-13-15-17-19-21-23-25-27-29-31-33-35-37-39-41-43-45-47-49-51-53-55-57-59-61-63-65-67-69-71-73-75-77-79-81-83-85-90(93)95-88-89(87-92)96-91(94)86-84-82-80-78-76-74-72-70-68-66-64-62-60-58-56-54-52-50-48-46-44-42-40-38-36-34-32-30-28-26-24-22-20-18-16-14-12-10-8-6-4-2/h5-8,11-14,17-20,23-26,29-32,35-38,41-44,47-50,53-56,59-62,65-68,72,74,89,92H,3-4,9-10,15-16,21-22,27-28,33-34,39-40,45-46,51-52,57-58,63-64,69-71,73,75-88H2,1-2H3/b7-5-,8-6-,13-11-,14-12-,19-17-,20-18-,25-23-,26-24-,31-29-,32-30-,37-35-,38-36-,43-41-,44-42-,49-47-,50-48-,55-53-,56-54-,61-59-,62-60-,67-65-,68-66-,74-72-. The van der Waals surface area contributed by atoms with E-state index in [4.69, 9.17) is 9.47 Å². The first-order valence-electron chi connectivity index (χ1n) is 37.5. The summed E-state index contributed by atoms with van der Waals surface area (Å²) in [6.45, 7) is 3.86. The maximum absolute atomic E-state index is 12.4. The van der Waals surface area contributed by atoms with Crippen molar-refractivity contribution < 1.29 is 24.2 Å². The molecule has 1 N–H and O–H groups in total. The smallest absolute Gasteiger partial charge is 0.306 e. The van der Waals surface area contributed by atoms with E-state index in [0.29, 0.717) is 12.8 Å². The van der Waals surface area contributed by atoms with E-state index in [0.717, 1.165) is 205 Å². The fourth-order valence-corrected chi connectivity index (χ4v) is 9.19. The van der Waals surface area contributed by atoms with Crippen LogP contribution in [0.4, 0.5) is 0 Å². The number of aliphatic hydroxyl groups is 1. The van der Waals surface area contributed by atoms with Gasteiger partial charge in [0.05, 0.1) is 6.61 Å². The maximum atomic E-state index is 12.4. The van der Waals surface area contributed by atoms with Gasteiger partial charge in [0.2, 0.25) is 0 Å². The average molecular weight is 1310 g/mol. The third-order valence-corrected chi connectivity index (χ3v) is 14.7. The normalized spacial score (nSPS) is 13.9. The van der Waals surface area contributed by atoms with Crippen LogP contribution in [0.25, 0.3) is 0 Å². The number of carbonyl (C=O) groups is 2. The quantitative estimate of drug-likeness (QED) is 0.0373. The molecule has 0 rings (SSSR count). The molecule has 0 aliphatic rings. The van der Waals surface area contributed by atoms with Crippen LogP contribution in [0.15, 0.2) is 279 Å². The molecule has 0 aliphatic carbocycles. The van der Waals surface area contributed by atoms with E-state index in [2.05, 4.69) is 293 Å². The number of unbranched alkanes of at least 4 members (excludes halogenated alkanes) is 11. The van der Waals surface area contributed by atoms with Crippen LogP contribution < -0.4 is 0 Å². The monoisotopic (exact) mass is 1310 g/mol. The first kappa shape index (κ1) is 88.9. The van der Waals surface area contributed by atoms with Crippen LogP contribution in [0.3, 0.4) is 0 Å². The molecule has 0 fully saturated rings. The second-order valence-corrected chi connectivity index (χ2v) is 23.6. The van der Waals surface area contributed by atoms with Crippen LogP contribution in [-0.2, 0) is 19.1 Å². The van der Waals surface area contributed by atoms with Crippen LogP contribution in [-0.4, -0.2) is 36.4 Å². The van der Waals surface area contributed by atoms with E-state index in [9.17, 15) is 14.7 Å². The van der Waals surface area contributed by atoms with Crippen molar-refractivity contribution in [2.24, 2.45) is 0 Å². The van der Waals surface area contributed by atoms with E-state index >= 15 is 0 Å². The molecular weight excluding hydrogens is 1170 g/mol. The molecule has 0 heterocycles. The summed E-state index contributed by atoms with van der Waals surface area (Å²) in [5.74, 6) is -0.654. The Hall–Kier alpha value is -7.08. The van der Waals surface area contributed by atoms with Gasteiger partial charge in [-0.3, -0.25) is 9.59 Å². The van der Waals surface area contributed by atoms with Gasteiger partial charge in [-0.05, 0) is 186 Å². The molecule has 5 nitrogen and oxygen atoms in total. The topological polar surface area (TPSA) is 72.8 Å². The molecule has 0 aromatic rings. The van der Waals surface area contributed by atoms with E-state index in [1.54, 1.807) is 0 Å². The largest absolute Gasteiger partial charge is 0.462 e. The van der Waals surface area contributed by atoms with Crippen molar-refractivity contribution >= 4 is 11.9 Å². The number of hydrogen-bond donors (Lipinski definition) is 1. The van der Waals surface area contributed by atoms with Gasteiger partial charge in [0.25, 0.3) is 0 Å². The lowest BCUT2D eigenvalue weighted by atomic mass is 10.1. The van der Waals surface area contributed by atoms with Crippen LogP contribution in [0, 0.1) is 0 Å². The SMILES string of the molecule is CC/C=C\C/C=C\C/C=C\C/C=C\C/C=C\C/C=C\C/C=C\C/C=C\C/C=C\C/C=C\C/C=C\C/C=C\CCCCCCC(=O)OC(CO)COC(=O)CCCCCCCCC/C=C\C/C=C\C/C=C\C/C=C\C/C=C\C/C=C\C/C=C\C/C=C\C/C=C\C/C=C\C/C=C\CC. The van der Waals surface area contributed by atoms with Crippen molar-refractivity contribution in [2.75, 3.05) is 13.2 Å². The van der Waals surface area contributed by atoms with Gasteiger partial charge in [-0.2, -0.15) is 0 Å². The Labute approximate surface area is 589 Å². The second kappa shape index (κ2) is 82.2. The molecule has 0 aromatic heterocycles. The van der Waals surface area contributed by atoms with Crippen molar-refractivity contribution in [2.45, 2.75) is 264 Å². The van der Waals surface area contributed by atoms with E-state index in [-0.39, 0.29) is 25.2 Å². The van der Waals surface area contributed by atoms with Crippen LogP contribution >= 0.6 is 0 Å². The van der Waals surface area contributed by atoms with Crippen molar-refractivity contribution in [1.82, 2.24) is 0 Å². The highest BCUT2D eigenvalue weighted by atomic mass is 16.6. The molecule has 0 amide bonds. The molecule has 0 aliphatic heterocycles. The summed E-state index contributed by atoms with van der Waals surface area (Å²) in [7, 11) is 0. The van der Waals surface area contributed by atoms with E-state index in [1.807, 2.05) is 0 Å². The highest BCUT2D eigenvalue weighted by molar-refractivity contribution is 5.70. The number of allylic oxidation sites excluding steroid dienone is 46. The van der Waals surface area contributed by atoms with Crippen molar-refractivity contribution in [3.63, 3.8) is 0 Å². The Balaban J connectivity index is 3.70. The van der Waals surface area contributed by atoms with Gasteiger partial charge in [-0.1, -0.05) is 338 Å². The Kier molecular flexibility index (Phi) is 76.1.